The van der Waals surface area contributed by atoms with Gasteiger partial charge in [-0.25, -0.2) is 15.8 Å². The Morgan fingerprint density at radius 1 is 1.44 bits per heavy atom. The quantitative estimate of drug-likeness (QED) is 0.304. The van der Waals surface area contributed by atoms with Gasteiger partial charge in [0.15, 0.2) is 0 Å². The van der Waals surface area contributed by atoms with Crippen LogP contribution in [-0.4, -0.2) is 26.9 Å². The van der Waals surface area contributed by atoms with Gasteiger partial charge in [0.05, 0.1) is 0 Å². The van der Waals surface area contributed by atoms with E-state index in [1.165, 1.54) is 0 Å². The number of nitrogens with one attached hydrogen (secondary N) is 1. The molecule has 1 aromatic rings. The molecule has 6 heteroatoms. The molecule has 0 spiro atoms. The molecule has 5 nitrogen and oxygen atoms in total. The summed E-state index contributed by atoms with van der Waals surface area (Å²) in [5.41, 5.74) is 3.59. The highest BCUT2D eigenvalue weighted by Crippen LogP contribution is 2.29. The molecule has 0 fully saturated rings. The van der Waals surface area contributed by atoms with Gasteiger partial charge in [0.1, 0.15) is 16.7 Å². The summed E-state index contributed by atoms with van der Waals surface area (Å²) in [6.07, 6.45) is 2.60. The third-order valence-electron chi connectivity index (χ3n) is 2.61. The fourth-order valence-electron chi connectivity index (χ4n) is 1.56. The number of thioether (sulfide) groups is 1. The number of aliphatic hydroxyl groups excluding tert-OH is 1. The van der Waals surface area contributed by atoms with Gasteiger partial charge in [-0.05, 0) is 19.8 Å². The number of rotatable bonds is 7. The lowest BCUT2D eigenvalue weighted by molar-refractivity contribution is 0.289. The molecular formula is C12H22N4OS. The average molecular weight is 270 g/mol. The Morgan fingerprint density at radius 2 is 2.17 bits per heavy atom. The lowest BCUT2D eigenvalue weighted by atomic mass is 10.3. The van der Waals surface area contributed by atoms with E-state index in [4.69, 9.17) is 10.9 Å². The minimum atomic E-state index is 0.197. The third kappa shape index (κ3) is 4.12. The van der Waals surface area contributed by atoms with E-state index in [2.05, 4.69) is 29.2 Å². The molecule has 1 aromatic heterocycles. The van der Waals surface area contributed by atoms with Crippen molar-refractivity contribution in [1.29, 1.82) is 0 Å². The Labute approximate surface area is 113 Å². The standard InChI is InChI=1S/C12H22N4OS/c1-4-5-10-14-11(16-13)9(3)12(15-10)18-8(2)6-7-17/h8,17H,4-7,13H2,1-3H3,(H,14,15,16). The maximum atomic E-state index is 8.95. The Balaban J connectivity index is 2.96. The van der Waals surface area contributed by atoms with Crippen molar-refractivity contribution in [3.63, 3.8) is 0 Å². The fourth-order valence-corrected chi connectivity index (χ4v) is 2.60. The van der Waals surface area contributed by atoms with Gasteiger partial charge in [-0.2, -0.15) is 0 Å². The van der Waals surface area contributed by atoms with Crippen LogP contribution < -0.4 is 11.3 Å². The predicted molar refractivity (Wildman–Crippen MR) is 75.6 cm³/mol. The van der Waals surface area contributed by atoms with Gasteiger partial charge in [-0.15, -0.1) is 11.8 Å². The fraction of sp³-hybridized carbons (Fsp3) is 0.667. The number of hydrazine groups is 1. The van der Waals surface area contributed by atoms with Crippen molar-refractivity contribution in [2.45, 2.75) is 50.3 Å². The van der Waals surface area contributed by atoms with E-state index >= 15 is 0 Å². The maximum Gasteiger partial charge on any atom is 0.147 e. The van der Waals surface area contributed by atoms with Crippen LogP contribution in [0.15, 0.2) is 5.03 Å². The first-order valence-electron chi connectivity index (χ1n) is 6.24. The average Bonchev–Trinajstić information content (AvgIpc) is 2.33. The zero-order valence-corrected chi connectivity index (χ0v) is 12.0. The highest BCUT2D eigenvalue weighted by Gasteiger charge is 2.13. The van der Waals surface area contributed by atoms with Crippen molar-refractivity contribution >= 4 is 17.6 Å². The van der Waals surface area contributed by atoms with E-state index in [1.54, 1.807) is 11.8 Å². The van der Waals surface area contributed by atoms with Gasteiger partial charge >= 0.3 is 0 Å². The van der Waals surface area contributed by atoms with Gasteiger partial charge < -0.3 is 10.5 Å². The van der Waals surface area contributed by atoms with Crippen molar-refractivity contribution in [3.8, 4) is 0 Å². The summed E-state index contributed by atoms with van der Waals surface area (Å²) in [7, 11) is 0. The molecule has 0 saturated carbocycles. The first kappa shape index (κ1) is 15.2. The Morgan fingerprint density at radius 3 is 2.72 bits per heavy atom. The summed E-state index contributed by atoms with van der Waals surface area (Å²) in [6.45, 7) is 6.33. The predicted octanol–water partition coefficient (Wildman–Crippen LogP) is 1.89. The van der Waals surface area contributed by atoms with Gasteiger partial charge in [0.2, 0.25) is 0 Å². The minimum absolute atomic E-state index is 0.197. The van der Waals surface area contributed by atoms with Crippen molar-refractivity contribution in [1.82, 2.24) is 9.97 Å². The van der Waals surface area contributed by atoms with Gasteiger partial charge in [0, 0.05) is 23.8 Å². The van der Waals surface area contributed by atoms with Crippen molar-refractivity contribution < 1.29 is 5.11 Å². The molecule has 1 unspecified atom stereocenters. The van der Waals surface area contributed by atoms with Crippen LogP contribution in [0.3, 0.4) is 0 Å². The molecule has 1 heterocycles. The van der Waals surface area contributed by atoms with E-state index < -0.39 is 0 Å². The smallest absolute Gasteiger partial charge is 0.147 e. The van der Waals surface area contributed by atoms with Crippen LogP contribution in [0.25, 0.3) is 0 Å². The van der Waals surface area contributed by atoms with Crippen molar-refractivity contribution in [2.24, 2.45) is 5.84 Å². The maximum absolute atomic E-state index is 8.95. The van der Waals surface area contributed by atoms with Gasteiger partial charge in [-0.3, -0.25) is 0 Å². The first-order chi connectivity index (χ1) is 8.62. The monoisotopic (exact) mass is 270 g/mol. The first-order valence-corrected chi connectivity index (χ1v) is 7.12. The summed E-state index contributed by atoms with van der Waals surface area (Å²) in [4.78, 5) is 8.95. The largest absolute Gasteiger partial charge is 0.396 e. The second kappa shape index (κ2) is 7.56. The van der Waals surface area contributed by atoms with Crippen LogP contribution in [0, 0.1) is 6.92 Å². The number of nitrogens with two attached hydrogens (primary N) is 1. The van der Waals surface area contributed by atoms with E-state index in [0.29, 0.717) is 11.1 Å². The molecule has 0 aromatic carbocycles. The number of aromatic nitrogens is 2. The molecule has 0 bridgehead atoms. The summed E-state index contributed by atoms with van der Waals surface area (Å²) in [5.74, 6) is 6.99. The van der Waals surface area contributed by atoms with Crippen LogP contribution in [-0.2, 0) is 6.42 Å². The van der Waals surface area contributed by atoms with Gasteiger partial charge in [0.25, 0.3) is 0 Å². The van der Waals surface area contributed by atoms with E-state index in [9.17, 15) is 0 Å². The van der Waals surface area contributed by atoms with Crippen molar-refractivity contribution in [2.75, 3.05) is 12.0 Å². The summed E-state index contributed by atoms with van der Waals surface area (Å²) in [6, 6.07) is 0. The molecule has 102 valence electrons. The topological polar surface area (TPSA) is 84.1 Å². The molecule has 0 amide bonds. The molecular weight excluding hydrogens is 248 g/mol. The molecule has 0 radical (unpaired) electrons. The highest BCUT2D eigenvalue weighted by molar-refractivity contribution is 7.99. The Hall–Kier alpha value is -0.850. The number of nitrogens with zero attached hydrogens (tertiary/aromatic N) is 2. The van der Waals surface area contributed by atoms with E-state index in [1.807, 2.05) is 6.92 Å². The number of nitrogen functional groups attached to an aromatic ring is 1. The minimum Gasteiger partial charge on any atom is -0.396 e. The molecule has 4 N–H and O–H groups in total. The third-order valence-corrected chi connectivity index (χ3v) is 3.87. The number of hydrogen-bond donors (Lipinski definition) is 3. The SMILES string of the molecule is CCCc1nc(NN)c(C)c(SC(C)CCO)n1. The number of aliphatic hydroxyl groups is 1. The van der Waals surface area contributed by atoms with E-state index in [-0.39, 0.29) is 6.61 Å². The zero-order chi connectivity index (χ0) is 13.5. The normalized spacial score (nSPS) is 12.5. The number of hydrogen-bond acceptors (Lipinski definition) is 6. The molecule has 0 aliphatic rings. The summed E-state index contributed by atoms with van der Waals surface area (Å²) < 4.78 is 0. The van der Waals surface area contributed by atoms with Crippen LogP contribution in [0.1, 0.15) is 38.1 Å². The lowest BCUT2D eigenvalue weighted by Crippen LogP contribution is -2.14. The highest BCUT2D eigenvalue weighted by atomic mass is 32.2. The Kier molecular flexibility index (Phi) is 6.38. The molecule has 18 heavy (non-hydrogen) atoms. The molecule has 1 atom stereocenters. The Bertz CT molecular complexity index is 387. The number of anilines is 1. The molecule has 0 aliphatic heterocycles. The summed E-state index contributed by atoms with van der Waals surface area (Å²) >= 11 is 1.66. The second-order valence-electron chi connectivity index (χ2n) is 4.25. The van der Waals surface area contributed by atoms with E-state index in [0.717, 1.165) is 35.7 Å². The number of aryl methyl sites for hydroxylation is 1. The van der Waals surface area contributed by atoms with Crippen molar-refractivity contribution in [3.05, 3.63) is 11.4 Å². The van der Waals surface area contributed by atoms with Gasteiger partial charge in [-0.1, -0.05) is 13.8 Å². The zero-order valence-electron chi connectivity index (χ0n) is 11.2. The van der Waals surface area contributed by atoms with Crippen LogP contribution in [0.2, 0.25) is 0 Å². The van der Waals surface area contributed by atoms with Crippen LogP contribution in [0.4, 0.5) is 5.82 Å². The lowest BCUT2D eigenvalue weighted by Gasteiger charge is -2.14. The molecule has 0 aliphatic carbocycles. The second-order valence-corrected chi connectivity index (χ2v) is 5.68. The molecule has 0 saturated heterocycles. The molecule has 1 rings (SSSR count). The van der Waals surface area contributed by atoms with Crippen LogP contribution >= 0.6 is 11.8 Å². The van der Waals surface area contributed by atoms with Crippen LogP contribution in [0.5, 0.6) is 0 Å². The summed E-state index contributed by atoms with van der Waals surface area (Å²) in [5, 5.41) is 10.2.